The van der Waals surface area contributed by atoms with Crippen molar-refractivity contribution in [3.05, 3.63) is 29.8 Å². The first-order chi connectivity index (χ1) is 10.4. The zero-order valence-corrected chi connectivity index (χ0v) is 14.0. The lowest BCUT2D eigenvalue weighted by Gasteiger charge is -2.35. The fraction of sp³-hybridized carbons (Fsp3) is 0.533. The van der Waals surface area contributed by atoms with Crippen LogP contribution in [0.3, 0.4) is 0 Å². The number of sulfonamides is 1. The maximum absolute atomic E-state index is 12.8. The number of piperidine rings is 1. The number of hydrogen-bond donors (Lipinski definition) is 0. The SMILES string of the molecule is CON(C)C(=O)C1CCCCN1S(=O)(=O)c1ccc(C)cc1. The minimum absolute atomic E-state index is 0.220. The molecule has 0 radical (unpaired) electrons. The van der Waals surface area contributed by atoms with E-state index in [0.717, 1.165) is 23.5 Å². The van der Waals surface area contributed by atoms with Gasteiger partial charge in [-0.25, -0.2) is 13.5 Å². The Morgan fingerprint density at radius 1 is 1.27 bits per heavy atom. The van der Waals surface area contributed by atoms with Gasteiger partial charge in [-0.3, -0.25) is 9.63 Å². The Bertz CT molecular complexity index is 627. The van der Waals surface area contributed by atoms with Gasteiger partial charge < -0.3 is 0 Å². The molecule has 0 aliphatic carbocycles. The van der Waals surface area contributed by atoms with E-state index in [1.807, 2.05) is 6.92 Å². The van der Waals surface area contributed by atoms with Gasteiger partial charge in [0.1, 0.15) is 6.04 Å². The van der Waals surface area contributed by atoms with Gasteiger partial charge >= 0.3 is 0 Å². The van der Waals surface area contributed by atoms with Crippen LogP contribution in [0.15, 0.2) is 29.2 Å². The Hall–Kier alpha value is -1.44. The highest BCUT2D eigenvalue weighted by Crippen LogP contribution is 2.26. The first-order valence-corrected chi connectivity index (χ1v) is 8.72. The first-order valence-electron chi connectivity index (χ1n) is 7.28. The molecule has 1 atom stereocenters. The van der Waals surface area contributed by atoms with E-state index in [2.05, 4.69) is 0 Å². The molecule has 0 bridgehead atoms. The Balaban J connectivity index is 2.34. The van der Waals surface area contributed by atoms with Crippen LogP contribution in [-0.4, -0.2) is 50.4 Å². The third-order valence-corrected chi connectivity index (χ3v) is 5.87. The summed E-state index contributed by atoms with van der Waals surface area (Å²) in [5.41, 5.74) is 0.990. The van der Waals surface area contributed by atoms with Gasteiger partial charge in [0.05, 0.1) is 12.0 Å². The highest BCUT2D eigenvalue weighted by Gasteiger charge is 2.38. The molecular formula is C15H22N2O4S. The van der Waals surface area contributed by atoms with Crippen molar-refractivity contribution in [2.75, 3.05) is 20.7 Å². The van der Waals surface area contributed by atoms with Gasteiger partial charge in [-0.1, -0.05) is 24.1 Å². The van der Waals surface area contributed by atoms with Gasteiger partial charge in [0.25, 0.3) is 5.91 Å². The number of rotatable bonds is 4. The number of hydroxylamine groups is 2. The maximum atomic E-state index is 12.8. The molecule has 0 spiro atoms. The van der Waals surface area contributed by atoms with E-state index in [9.17, 15) is 13.2 Å². The lowest BCUT2D eigenvalue weighted by atomic mass is 10.0. The quantitative estimate of drug-likeness (QED) is 0.788. The van der Waals surface area contributed by atoms with E-state index < -0.39 is 16.1 Å². The second-order valence-corrected chi connectivity index (χ2v) is 7.35. The molecule has 22 heavy (non-hydrogen) atoms. The van der Waals surface area contributed by atoms with Crippen molar-refractivity contribution in [1.82, 2.24) is 9.37 Å². The van der Waals surface area contributed by atoms with Crippen LogP contribution in [-0.2, 0) is 19.7 Å². The van der Waals surface area contributed by atoms with Crippen LogP contribution >= 0.6 is 0 Å². The Morgan fingerprint density at radius 3 is 2.50 bits per heavy atom. The normalized spacial score (nSPS) is 19.9. The fourth-order valence-electron chi connectivity index (χ4n) is 2.58. The molecule has 1 amide bonds. The number of likely N-dealkylation sites (N-methyl/N-ethyl adjacent to an activating group) is 1. The summed E-state index contributed by atoms with van der Waals surface area (Å²) in [6.07, 6.45) is 2.09. The van der Waals surface area contributed by atoms with E-state index in [1.165, 1.54) is 18.5 Å². The molecule has 1 heterocycles. The summed E-state index contributed by atoms with van der Waals surface area (Å²) in [5.74, 6) is -0.335. The first kappa shape index (κ1) is 16.9. The van der Waals surface area contributed by atoms with Gasteiger partial charge in [0.15, 0.2) is 0 Å². The number of benzene rings is 1. The summed E-state index contributed by atoms with van der Waals surface area (Å²) in [4.78, 5) is 17.5. The summed E-state index contributed by atoms with van der Waals surface area (Å²) in [6.45, 7) is 2.25. The molecule has 0 aromatic heterocycles. The van der Waals surface area contributed by atoms with Crippen LogP contribution in [0.1, 0.15) is 24.8 Å². The second kappa shape index (κ2) is 6.76. The van der Waals surface area contributed by atoms with E-state index in [-0.39, 0.29) is 10.8 Å². The molecule has 0 N–H and O–H groups in total. The third-order valence-electron chi connectivity index (χ3n) is 3.95. The summed E-state index contributed by atoms with van der Waals surface area (Å²) < 4.78 is 27.0. The maximum Gasteiger partial charge on any atom is 0.264 e. The average molecular weight is 326 g/mol. The van der Waals surface area contributed by atoms with E-state index in [0.29, 0.717) is 13.0 Å². The highest BCUT2D eigenvalue weighted by atomic mass is 32.2. The third kappa shape index (κ3) is 3.31. The number of carbonyl (C=O) groups excluding carboxylic acids is 1. The van der Waals surface area contributed by atoms with Gasteiger partial charge in [0.2, 0.25) is 10.0 Å². The number of carbonyl (C=O) groups is 1. The Kier molecular flexibility index (Phi) is 5.20. The molecule has 0 saturated carbocycles. The van der Waals surface area contributed by atoms with Crippen LogP contribution in [0.2, 0.25) is 0 Å². The molecular weight excluding hydrogens is 304 g/mol. The standard InChI is InChI=1S/C15H22N2O4S/c1-12-7-9-13(10-8-12)22(19,20)17-11-5-4-6-14(17)15(18)16(2)21-3/h7-10,14H,4-6,11H2,1-3H3. The zero-order chi connectivity index (χ0) is 16.3. The van der Waals surface area contributed by atoms with E-state index in [4.69, 9.17) is 4.84 Å². The predicted molar refractivity (Wildman–Crippen MR) is 82.5 cm³/mol. The van der Waals surface area contributed by atoms with Crippen molar-refractivity contribution >= 4 is 15.9 Å². The Morgan fingerprint density at radius 2 is 1.91 bits per heavy atom. The van der Waals surface area contributed by atoms with Gasteiger partial charge in [-0.15, -0.1) is 0 Å². The van der Waals surface area contributed by atoms with Crippen molar-refractivity contribution in [2.45, 2.75) is 37.1 Å². The highest BCUT2D eigenvalue weighted by molar-refractivity contribution is 7.89. The molecule has 1 aliphatic rings. The summed E-state index contributed by atoms with van der Waals surface area (Å²) in [7, 11) is -0.802. The molecule has 1 unspecified atom stereocenters. The smallest absolute Gasteiger partial charge is 0.264 e. The molecule has 122 valence electrons. The molecule has 6 nitrogen and oxygen atoms in total. The van der Waals surface area contributed by atoms with Crippen LogP contribution in [0.4, 0.5) is 0 Å². The minimum atomic E-state index is -3.68. The van der Waals surface area contributed by atoms with Gasteiger partial charge in [-0.05, 0) is 31.9 Å². The molecule has 2 rings (SSSR count). The second-order valence-electron chi connectivity index (χ2n) is 5.46. The molecule has 1 fully saturated rings. The van der Waals surface area contributed by atoms with Crippen molar-refractivity contribution in [1.29, 1.82) is 0 Å². The monoisotopic (exact) mass is 326 g/mol. The predicted octanol–water partition coefficient (Wildman–Crippen LogP) is 1.56. The lowest BCUT2D eigenvalue weighted by molar-refractivity contribution is -0.173. The van der Waals surface area contributed by atoms with Gasteiger partial charge in [-0.2, -0.15) is 4.31 Å². The number of amides is 1. The topological polar surface area (TPSA) is 66.9 Å². The van der Waals surface area contributed by atoms with Crippen LogP contribution in [0, 0.1) is 6.92 Å². The van der Waals surface area contributed by atoms with E-state index >= 15 is 0 Å². The van der Waals surface area contributed by atoms with Crippen molar-refractivity contribution in [3.63, 3.8) is 0 Å². The van der Waals surface area contributed by atoms with Crippen LogP contribution in [0.5, 0.6) is 0 Å². The largest absolute Gasteiger partial charge is 0.275 e. The molecule has 7 heteroatoms. The molecule has 1 aliphatic heterocycles. The van der Waals surface area contributed by atoms with Gasteiger partial charge in [0, 0.05) is 13.6 Å². The fourth-order valence-corrected chi connectivity index (χ4v) is 4.24. The van der Waals surface area contributed by atoms with Crippen molar-refractivity contribution in [3.8, 4) is 0 Å². The molecule has 1 saturated heterocycles. The number of nitrogens with zero attached hydrogens (tertiary/aromatic N) is 2. The van der Waals surface area contributed by atoms with Crippen molar-refractivity contribution in [2.24, 2.45) is 0 Å². The number of aryl methyl sites for hydroxylation is 1. The summed E-state index contributed by atoms with van der Waals surface area (Å²) in [6, 6.07) is 5.98. The zero-order valence-electron chi connectivity index (χ0n) is 13.2. The minimum Gasteiger partial charge on any atom is -0.275 e. The molecule has 1 aromatic rings. The summed E-state index contributed by atoms with van der Waals surface area (Å²) in [5, 5.41) is 1.09. The average Bonchev–Trinajstić information content (AvgIpc) is 2.53. The number of hydrogen-bond acceptors (Lipinski definition) is 4. The molecule has 1 aromatic carbocycles. The Labute approximate surface area is 131 Å². The lowest BCUT2D eigenvalue weighted by Crippen LogP contribution is -2.51. The summed E-state index contributed by atoms with van der Waals surface area (Å²) >= 11 is 0. The van der Waals surface area contributed by atoms with E-state index in [1.54, 1.807) is 24.3 Å². The van der Waals surface area contributed by atoms with Crippen LogP contribution in [0.25, 0.3) is 0 Å². The van der Waals surface area contributed by atoms with Crippen LogP contribution < -0.4 is 0 Å². The van der Waals surface area contributed by atoms with Crippen molar-refractivity contribution < 1.29 is 18.0 Å².